The summed E-state index contributed by atoms with van der Waals surface area (Å²) in [7, 11) is 0. The van der Waals surface area contributed by atoms with Crippen molar-refractivity contribution in [3.63, 3.8) is 0 Å². The minimum Gasteiger partial charge on any atom is -0.388 e. The zero-order valence-corrected chi connectivity index (χ0v) is 12.7. The molecule has 0 aromatic heterocycles. The van der Waals surface area contributed by atoms with E-state index in [1.54, 1.807) is 0 Å². The normalized spacial score (nSPS) is 31.2. The van der Waals surface area contributed by atoms with Crippen LogP contribution in [0.3, 0.4) is 0 Å². The van der Waals surface area contributed by atoms with Crippen molar-refractivity contribution in [2.24, 2.45) is 17.8 Å². The maximum Gasteiger partial charge on any atom is 0.0818 e. The highest BCUT2D eigenvalue weighted by molar-refractivity contribution is 14.1. The second-order valence-electron chi connectivity index (χ2n) is 5.67. The van der Waals surface area contributed by atoms with Crippen LogP contribution in [0.2, 0.25) is 0 Å². The van der Waals surface area contributed by atoms with E-state index in [-0.39, 0.29) is 6.10 Å². The Kier molecular flexibility index (Phi) is 4.47. The molecule has 0 aliphatic heterocycles. The van der Waals surface area contributed by atoms with Gasteiger partial charge in [0.2, 0.25) is 0 Å². The molecule has 0 saturated heterocycles. The number of aliphatic hydroxyl groups excluding tert-OH is 1. The SMILES string of the molecule is CC1CC(C)CC(C(O)c2ccc(I)cc2)C1. The summed E-state index contributed by atoms with van der Waals surface area (Å²) in [6.07, 6.45) is 3.36. The van der Waals surface area contributed by atoms with Gasteiger partial charge in [0.1, 0.15) is 0 Å². The molecular formula is C15H21IO. The van der Waals surface area contributed by atoms with Gasteiger partial charge < -0.3 is 5.11 Å². The van der Waals surface area contributed by atoms with Crippen LogP contribution >= 0.6 is 22.6 Å². The van der Waals surface area contributed by atoms with Crippen molar-refractivity contribution in [2.45, 2.75) is 39.2 Å². The van der Waals surface area contributed by atoms with Crippen LogP contribution in [0.1, 0.15) is 44.8 Å². The van der Waals surface area contributed by atoms with Gasteiger partial charge in [-0.25, -0.2) is 0 Å². The predicted molar refractivity (Wildman–Crippen MR) is 79.8 cm³/mol. The van der Waals surface area contributed by atoms with Gasteiger partial charge in [0.15, 0.2) is 0 Å². The van der Waals surface area contributed by atoms with Crippen molar-refractivity contribution in [3.05, 3.63) is 33.4 Å². The standard InChI is InChI=1S/C15H21IO/c1-10-7-11(2)9-13(8-10)15(17)12-3-5-14(16)6-4-12/h3-6,10-11,13,15,17H,7-9H2,1-2H3. The van der Waals surface area contributed by atoms with E-state index in [1.807, 2.05) is 0 Å². The Bertz CT molecular complexity index is 350. The van der Waals surface area contributed by atoms with Gasteiger partial charge in [0.25, 0.3) is 0 Å². The van der Waals surface area contributed by atoms with Gasteiger partial charge >= 0.3 is 0 Å². The van der Waals surface area contributed by atoms with E-state index in [2.05, 4.69) is 60.7 Å². The van der Waals surface area contributed by atoms with Crippen LogP contribution < -0.4 is 0 Å². The molecule has 0 heterocycles. The smallest absolute Gasteiger partial charge is 0.0818 e. The van der Waals surface area contributed by atoms with Gasteiger partial charge in [-0.1, -0.05) is 26.0 Å². The van der Waals surface area contributed by atoms with Gasteiger partial charge in [-0.3, -0.25) is 0 Å². The van der Waals surface area contributed by atoms with Crippen LogP contribution in [0.15, 0.2) is 24.3 Å². The molecule has 1 N–H and O–H groups in total. The molecule has 17 heavy (non-hydrogen) atoms. The topological polar surface area (TPSA) is 20.2 Å². The third-order valence-electron chi connectivity index (χ3n) is 3.87. The zero-order chi connectivity index (χ0) is 12.4. The average molecular weight is 344 g/mol. The van der Waals surface area contributed by atoms with E-state index in [0.717, 1.165) is 30.2 Å². The largest absolute Gasteiger partial charge is 0.388 e. The lowest BCUT2D eigenvalue weighted by Gasteiger charge is -2.34. The van der Waals surface area contributed by atoms with Gasteiger partial charge in [-0.15, -0.1) is 0 Å². The number of hydrogen-bond acceptors (Lipinski definition) is 1. The van der Waals surface area contributed by atoms with Crippen molar-refractivity contribution in [2.75, 3.05) is 0 Å². The Morgan fingerprint density at radius 1 is 1.06 bits per heavy atom. The van der Waals surface area contributed by atoms with E-state index in [9.17, 15) is 5.11 Å². The van der Waals surface area contributed by atoms with Crippen molar-refractivity contribution >= 4 is 22.6 Å². The number of hydrogen-bond donors (Lipinski definition) is 1. The van der Waals surface area contributed by atoms with Gasteiger partial charge in [-0.2, -0.15) is 0 Å². The molecule has 3 atom stereocenters. The highest BCUT2D eigenvalue weighted by Crippen LogP contribution is 2.39. The lowest BCUT2D eigenvalue weighted by molar-refractivity contribution is 0.0552. The van der Waals surface area contributed by atoms with Gasteiger partial charge in [-0.05, 0) is 77.3 Å². The van der Waals surface area contributed by atoms with Crippen LogP contribution in [-0.2, 0) is 0 Å². The molecule has 0 bridgehead atoms. The molecule has 0 amide bonds. The Morgan fingerprint density at radius 2 is 1.59 bits per heavy atom. The molecule has 0 radical (unpaired) electrons. The van der Waals surface area contributed by atoms with Crippen LogP contribution in [0.25, 0.3) is 0 Å². The van der Waals surface area contributed by atoms with E-state index >= 15 is 0 Å². The molecule has 1 saturated carbocycles. The summed E-state index contributed by atoms with van der Waals surface area (Å²) in [5.74, 6) is 1.94. The molecule has 94 valence electrons. The number of rotatable bonds is 2. The fraction of sp³-hybridized carbons (Fsp3) is 0.600. The van der Waals surface area contributed by atoms with Crippen LogP contribution in [-0.4, -0.2) is 5.11 Å². The quantitative estimate of drug-likeness (QED) is 0.789. The first-order valence-electron chi connectivity index (χ1n) is 6.49. The fourth-order valence-corrected chi connectivity index (χ4v) is 3.56. The minimum atomic E-state index is -0.280. The molecule has 1 aliphatic carbocycles. The highest BCUT2D eigenvalue weighted by atomic mass is 127. The van der Waals surface area contributed by atoms with Crippen LogP contribution in [0.4, 0.5) is 0 Å². The average Bonchev–Trinajstić information content (AvgIpc) is 2.28. The minimum absolute atomic E-state index is 0.280. The Balaban J connectivity index is 2.08. The molecule has 1 aliphatic rings. The summed E-state index contributed by atoms with van der Waals surface area (Å²) in [5, 5.41) is 10.5. The Labute approximate surface area is 118 Å². The summed E-state index contributed by atoms with van der Waals surface area (Å²) >= 11 is 2.30. The maximum absolute atomic E-state index is 10.5. The number of aliphatic hydroxyl groups is 1. The van der Waals surface area contributed by atoms with E-state index < -0.39 is 0 Å². The Morgan fingerprint density at radius 3 is 2.12 bits per heavy atom. The molecule has 0 spiro atoms. The lowest BCUT2D eigenvalue weighted by atomic mass is 9.73. The van der Waals surface area contributed by atoms with Crippen molar-refractivity contribution in [1.82, 2.24) is 0 Å². The summed E-state index contributed by atoms with van der Waals surface area (Å²) < 4.78 is 1.23. The van der Waals surface area contributed by atoms with Crippen molar-refractivity contribution in [1.29, 1.82) is 0 Å². The molecule has 1 nitrogen and oxygen atoms in total. The third-order valence-corrected chi connectivity index (χ3v) is 4.59. The van der Waals surface area contributed by atoms with Gasteiger partial charge in [0, 0.05) is 3.57 Å². The molecule has 1 fully saturated rings. The first-order valence-corrected chi connectivity index (χ1v) is 7.57. The zero-order valence-electron chi connectivity index (χ0n) is 10.6. The Hall–Kier alpha value is -0.0900. The highest BCUT2D eigenvalue weighted by Gasteiger charge is 2.29. The number of benzene rings is 1. The lowest BCUT2D eigenvalue weighted by Crippen LogP contribution is -2.24. The first-order chi connectivity index (χ1) is 8.06. The third kappa shape index (κ3) is 3.44. The second-order valence-corrected chi connectivity index (χ2v) is 6.92. The summed E-state index contributed by atoms with van der Waals surface area (Å²) in [6, 6.07) is 8.29. The molecular weight excluding hydrogens is 323 g/mol. The summed E-state index contributed by atoms with van der Waals surface area (Å²) in [5.41, 5.74) is 1.08. The van der Waals surface area contributed by atoms with E-state index in [1.165, 1.54) is 9.99 Å². The molecule has 1 aromatic rings. The maximum atomic E-state index is 10.5. The van der Waals surface area contributed by atoms with Crippen LogP contribution in [0, 0.1) is 21.3 Å². The predicted octanol–water partition coefficient (Wildman–Crippen LogP) is 4.40. The first kappa shape index (κ1) is 13.3. The second kappa shape index (κ2) is 5.70. The molecule has 2 rings (SSSR count). The molecule has 3 unspecified atom stereocenters. The van der Waals surface area contributed by atoms with E-state index in [4.69, 9.17) is 0 Å². The van der Waals surface area contributed by atoms with E-state index in [0.29, 0.717) is 5.92 Å². The van der Waals surface area contributed by atoms with Crippen molar-refractivity contribution in [3.8, 4) is 0 Å². The fourth-order valence-electron chi connectivity index (χ4n) is 3.20. The summed E-state index contributed by atoms with van der Waals surface area (Å²) in [6.45, 7) is 4.62. The number of halogens is 1. The van der Waals surface area contributed by atoms with Crippen LogP contribution in [0.5, 0.6) is 0 Å². The van der Waals surface area contributed by atoms with Crippen molar-refractivity contribution < 1.29 is 5.11 Å². The molecule has 1 aromatic carbocycles. The van der Waals surface area contributed by atoms with Gasteiger partial charge in [0.05, 0.1) is 6.10 Å². The summed E-state index contributed by atoms with van der Waals surface area (Å²) in [4.78, 5) is 0. The monoisotopic (exact) mass is 344 g/mol. The molecule has 2 heteroatoms.